The second-order valence-corrected chi connectivity index (χ2v) is 5.49. The van der Waals surface area contributed by atoms with Gasteiger partial charge in [0.2, 0.25) is 0 Å². The van der Waals surface area contributed by atoms with Crippen LogP contribution in [0, 0.1) is 0 Å². The molecular weight excluding hydrogens is 292 g/mol. The number of nitrogens with two attached hydrogens (primary N) is 1. The molecule has 0 unspecified atom stereocenters. The van der Waals surface area contributed by atoms with Gasteiger partial charge in [-0.3, -0.25) is 4.79 Å². The van der Waals surface area contributed by atoms with Gasteiger partial charge in [-0.15, -0.1) is 0 Å². The summed E-state index contributed by atoms with van der Waals surface area (Å²) in [5.74, 6) is 1.31. The van der Waals surface area contributed by atoms with Crippen molar-refractivity contribution in [2.45, 2.75) is 19.8 Å². The Morgan fingerprint density at radius 1 is 1.17 bits per heavy atom. The van der Waals surface area contributed by atoms with E-state index in [1.807, 2.05) is 24.3 Å². The first-order valence-corrected chi connectivity index (χ1v) is 7.46. The quantitative estimate of drug-likeness (QED) is 0.801. The van der Waals surface area contributed by atoms with Crippen molar-refractivity contribution in [1.29, 1.82) is 0 Å². The van der Waals surface area contributed by atoms with E-state index in [2.05, 4.69) is 19.2 Å². The maximum atomic E-state index is 12.1. The Labute approximate surface area is 136 Å². The Kier molecular flexibility index (Phi) is 5.46. The highest BCUT2D eigenvalue weighted by atomic mass is 16.5. The minimum atomic E-state index is -0.258. The van der Waals surface area contributed by atoms with E-state index in [0.717, 1.165) is 11.3 Å². The van der Waals surface area contributed by atoms with Crippen LogP contribution in [0.4, 0.5) is 11.4 Å². The number of nitrogen functional groups attached to an aromatic ring is 1. The van der Waals surface area contributed by atoms with E-state index in [9.17, 15) is 4.79 Å². The van der Waals surface area contributed by atoms with Crippen molar-refractivity contribution in [2.24, 2.45) is 0 Å². The van der Waals surface area contributed by atoms with Gasteiger partial charge in [-0.25, -0.2) is 0 Å². The van der Waals surface area contributed by atoms with Gasteiger partial charge in [0.05, 0.1) is 12.8 Å². The average molecular weight is 314 g/mol. The van der Waals surface area contributed by atoms with Gasteiger partial charge in [0.1, 0.15) is 11.5 Å². The number of benzene rings is 2. The molecule has 2 aromatic rings. The van der Waals surface area contributed by atoms with Crippen LogP contribution in [0.3, 0.4) is 0 Å². The zero-order chi connectivity index (χ0) is 16.8. The van der Waals surface area contributed by atoms with Gasteiger partial charge in [-0.05, 0) is 29.7 Å². The third-order valence-corrected chi connectivity index (χ3v) is 3.40. The van der Waals surface area contributed by atoms with E-state index >= 15 is 0 Å². The molecule has 5 nitrogen and oxygen atoms in total. The summed E-state index contributed by atoms with van der Waals surface area (Å²) in [6.07, 6.45) is 0. The molecule has 0 aliphatic rings. The Morgan fingerprint density at radius 3 is 2.61 bits per heavy atom. The molecule has 3 N–H and O–H groups in total. The fourth-order valence-corrected chi connectivity index (χ4v) is 2.23. The monoisotopic (exact) mass is 314 g/mol. The number of carbonyl (C=O) groups is 1. The largest absolute Gasteiger partial charge is 0.494 e. The summed E-state index contributed by atoms with van der Waals surface area (Å²) < 4.78 is 10.9. The highest BCUT2D eigenvalue weighted by Crippen LogP contribution is 2.27. The second-order valence-electron chi connectivity index (χ2n) is 5.49. The Bertz CT molecular complexity index is 684. The molecule has 2 aromatic carbocycles. The van der Waals surface area contributed by atoms with E-state index in [1.165, 1.54) is 7.11 Å². The average Bonchev–Trinajstić information content (AvgIpc) is 2.54. The van der Waals surface area contributed by atoms with Crippen LogP contribution in [0.2, 0.25) is 0 Å². The molecule has 23 heavy (non-hydrogen) atoms. The van der Waals surface area contributed by atoms with Gasteiger partial charge < -0.3 is 20.5 Å². The van der Waals surface area contributed by atoms with Crippen molar-refractivity contribution in [3.63, 3.8) is 0 Å². The molecule has 0 atom stereocenters. The zero-order valence-electron chi connectivity index (χ0n) is 13.6. The van der Waals surface area contributed by atoms with E-state index in [0.29, 0.717) is 23.0 Å². The topological polar surface area (TPSA) is 73.6 Å². The summed E-state index contributed by atoms with van der Waals surface area (Å²) in [5.41, 5.74) is 7.90. The molecule has 0 heterocycles. The van der Waals surface area contributed by atoms with Crippen LogP contribution in [0.1, 0.15) is 25.3 Å². The predicted molar refractivity (Wildman–Crippen MR) is 92.1 cm³/mol. The first-order chi connectivity index (χ1) is 11.0. The minimum absolute atomic E-state index is 0.0722. The van der Waals surface area contributed by atoms with E-state index in [1.54, 1.807) is 18.2 Å². The van der Waals surface area contributed by atoms with Gasteiger partial charge in [-0.2, -0.15) is 0 Å². The molecule has 1 amide bonds. The number of hydrogen-bond donors (Lipinski definition) is 2. The van der Waals surface area contributed by atoms with Gasteiger partial charge >= 0.3 is 0 Å². The number of para-hydroxylation sites is 1. The molecule has 2 rings (SSSR count). The number of nitrogens with one attached hydrogen (secondary N) is 1. The van der Waals surface area contributed by atoms with Gasteiger partial charge in [0, 0.05) is 11.8 Å². The third kappa shape index (κ3) is 4.39. The van der Waals surface area contributed by atoms with Crippen LogP contribution in [0.15, 0.2) is 42.5 Å². The fraction of sp³-hybridized carbons (Fsp3) is 0.278. The highest BCUT2D eigenvalue weighted by molar-refractivity contribution is 5.93. The summed E-state index contributed by atoms with van der Waals surface area (Å²) in [6.45, 7) is 4.10. The summed E-state index contributed by atoms with van der Waals surface area (Å²) in [7, 11) is 1.53. The first kappa shape index (κ1) is 16.7. The summed E-state index contributed by atoms with van der Waals surface area (Å²) >= 11 is 0. The molecule has 5 heteroatoms. The lowest BCUT2D eigenvalue weighted by atomic mass is 10.0. The van der Waals surface area contributed by atoms with E-state index < -0.39 is 0 Å². The van der Waals surface area contributed by atoms with Crippen LogP contribution in [-0.2, 0) is 4.79 Å². The summed E-state index contributed by atoms with van der Waals surface area (Å²) in [5, 5.41) is 2.76. The molecule has 0 spiro atoms. The van der Waals surface area contributed by atoms with Crippen LogP contribution in [0.25, 0.3) is 0 Å². The van der Waals surface area contributed by atoms with Crippen LogP contribution in [-0.4, -0.2) is 19.6 Å². The maximum absolute atomic E-state index is 12.1. The fourth-order valence-electron chi connectivity index (χ4n) is 2.23. The van der Waals surface area contributed by atoms with Crippen molar-refractivity contribution in [1.82, 2.24) is 0 Å². The van der Waals surface area contributed by atoms with E-state index in [4.69, 9.17) is 15.2 Å². The van der Waals surface area contributed by atoms with Crippen molar-refractivity contribution in [3.05, 3.63) is 48.0 Å². The van der Waals surface area contributed by atoms with Crippen molar-refractivity contribution in [2.75, 3.05) is 24.8 Å². The molecule has 0 saturated carbocycles. The molecule has 0 bridgehead atoms. The number of ether oxygens (including phenoxy) is 2. The highest BCUT2D eigenvalue weighted by Gasteiger charge is 2.11. The van der Waals surface area contributed by atoms with Crippen molar-refractivity contribution in [3.8, 4) is 11.5 Å². The SMILES string of the molecule is COc1cc(N)ccc1NC(=O)COc1ccccc1C(C)C. The number of hydrogen-bond acceptors (Lipinski definition) is 4. The lowest BCUT2D eigenvalue weighted by molar-refractivity contribution is -0.118. The van der Waals surface area contributed by atoms with Crippen molar-refractivity contribution >= 4 is 17.3 Å². The molecule has 0 fully saturated rings. The van der Waals surface area contributed by atoms with Crippen molar-refractivity contribution < 1.29 is 14.3 Å². The molecule has 0 aromatic heterocycles. The standard InChI is InChI=1S/C18H22N2O3/c1-12(2)14-6-4-5-7-16(14)23-11-18(21)20-15-9-8-13(19)10-17(15)22-3/h4-10,12H,11,19H2,1-3H3,(H,20,21). The smallest absolute Gasteiger partial charge is 0.262 e. The van der Waals surface area contributed by atoms with E-state index in [-0.39, 0.29) is 12.5 Å². The number of rotatable bonds is 6. The van der Waals surface area contributed by atoms with Crippen LogP contribution in [0.5, 0.6) is 11.5 Å². The summed E-state index contributed by atoms with van der Waals surface area (Å²) in [6, 6.07) is 12.8. The number of anilines is 2. The molecule has 0 radical (unpaired) electrons. The summed E-state index contributed by atoms with van der Waals surface area (Å²) in [4.78, 5) is 12.1. The van der Waals surface area contributed by atoms with Crippen LogP contribution < -0.4 is 20.5 Å². The first-order valence-electron chi connectivity index (χ1n) is 7.46. The van der Waals surface area contributed by atoms with Gasteiger partial charge in [-0.1, -0.05) is 32.0 Å². The molecular formula is C18H22N2O3. The second kappa shape index (κ2) is 7.54. The molecule has 0 saturated heterocycles. The number of carbonyl (C=O) groups excluding carboxylic acids is 1. The molecule has 0 aliphatic carbocycles. The Balaban J connectivity index is 2.01. The minimum Gasteiger partial charge on any atom is -0.494 e. The number of amides is 1. The Morgan fingerprint density at radius 2 is 1.91 bits per heavy atom. The lowest BCUT2D eigenvalue weighted by Gasteiger charge is -2.14. The normalized spacial score (nSPS) is 10.4. The number of methoxy groups -OCH3 is 1. The zero-order valence-corrected chi connectivity index (χ0v) is 13.6. The van der Waals surface area contributed by atoms with Crippen LogP contribution >= 0.6 is 0 Å². The third-order valence-electron chi connectivity index (χ3n) is 3.40. The van der Waals surface area contributed by atoms with Gasteiger partial charge in [0.15, 0.2) is 6.61 Å². The lowest BCUT2D eigenvalue weighted by Crippen LogP contribution is -2.21. The maximum Gasteiger partial charge on any atom is 0.262 e. The van der Waals surface area contributed by atoms with Gasteiger partial charge in [0.25, 0.3) is 5.91 Å². The Hall–Kier alpha value is -2.69. The predicted octanol–water partition coefficient (Wildman–Crippen LogP) is 3.42. The molecule has 122 valence electrons. The molecule has 0 aliphatic heterocycles.